The van der Waals surface area contributed by atoms with E-state index in [1.54, 1.807) is 24.4 Å². The zero-order valence-corrected chi connectivity index (χ0v) is 21.9. The molecule has 0 saturated carbocycles. The summed E-state index contributed by atoms with van der Waals surface area (Å²) in [4.78, 5) is 23.8. The lowest BCUT2D eigenvalue weighted by molar-refractivity contribution is -0.130. The number of carbonyl (C=O) groups is 1. The van der Waals surface area contributed by atoms with Gasteiger partial charge >= 0.3 is 0 Å². The van der Waals surface area contributed by atoms with Gasteiger partial charge in [0.25, 0.3) is 6.43 Å². The summed E-state index contributed by atoms with van der Waals surface area (Å²) in [6, 6.07) is 11.0. The number of amides is 1. The van der Waals surface area contributed by atoms with Crippen LogP contribution in [0.3, 0.4) is 0 Å². The Morgan fingerprint density at radius 1 is 1.10 bits per heavy atom. The minimum absolute atomic E-state index is 0.0576. The highest BCUT2D eigenvalue weighted by Crippen LogP contribution is 2.41. The van der Waals surface area contributed by atoms with Gasteiger partial charge in [-0.05, 0) is 55.9 Å². The van der Waals surface area contributed by atoms with Crippen LogP contribution in [0.25, 0.3) is 16.8 Å². The van der Waals surface area contributed by atoms with E-state index in [1.807, 2.05) is 22.4 Å². The number of rotatable bonds is 5. The highest BCUT2D eigenvalue weighted by Gasteiger charge is 2.38. The molecule has 6 nitrogen and oxygen atoms in total. The zero-order valence-electron chi connectivity index (χ0n) is 21.9. The minimum atomic E-state index is -2.68. The fourth-order valence-electron chi connectivity index (χ4n) is 6.19. The number of hydrogen-bond donors (Lipinski definition) is 1. The summed E-state index contributed by atoms with van der Waals surface area (Å²) in [5, 5.41) is 0. The predicted molar refractivity (Wildman–Crippen MR) is 143 cm³/mol. The summed E-state index contributed by atoms with van der Waals surface area (Å²) in [6.07, 6.45) is 4.19. The minimum Gasteiger partial charge on any atom is -0.382 e. The van der Waals surface area contributed by atoms with Crippen molar-refractivity contribution in [2.24, 2.45) is 0 Å². The Kier molecular flexibility index (Phi) is 6.12. The SMILES string of the molecule is Cc1cc(C(C)(F)c2cccc(C(F)F)c2)ccc1-c1nc([C@@H]2CC[C@H]3CCC(=O)N3C2)n2ccnc(N)c12. The van der Waals surface area contributed by atoms with Crippen LogP contribution in [0.4, 0.5) is 19.0 Å². The predicted octanol–water partition coefficient (Wildman–Crippen LogP) is 6.33. The number of imidazole rings is 1. The molecule has 2 fully saturated rings. The maximum atomic E-state index is 16.1. The molecule has 2 aromatic heterocycles. The van der Waals surface area contributed by atoms with E-state index in [2.05, 4.69) is 4.98 Å². The van der Waals surface area contributed by atoms with Gasteiger partial charge in [0.2, 0.25) is 5.91 Å². The number of aryl methyl sites for hydroxylation is 1. The van der Waals surface area contributed by atoms with Crippen molar-refractivity contribution in [2.75, 3.05) is 12.3 Å². The first-order chi connectivity index (χ1) is 18.6. The summed E-state index contributed by atoms with van der Waals surface area (Å²) in [5.41, 5.74) is 7.56. The van der Waals surface area contributed by atoms with Gasteiger partial charge in [-0.25, -0.2) is 23.1 Å². The van der Waals surface area contributed by atoms with Crippen LogP contribution < -0.4 is 5.73 Å². The molecule has 4 heterocycles. The van der Waals surface area contributed by atoms with Crippen molar-refractivity contribution in [1.29, 1.82) is 0 Å². The molecule has 0 radical (unpaired) electrons. The molecule has 4 aromatic rings. The molecular formula is C30H30F3N5O. The van der Waals surface area contributed by atoms with Crippen LogP contribution in [-0.2, 0) is 10.5 Å². The second-order valence-corrected chi connectivity index (χ2v) is 10.8. The molecule has 2 aromatic carbocycles. The van der Waals surface area contributed by atoms with E-state index in [-0.39, 0.29) is 23.0 Å². The molecule has 2 aliphatic heterocycles. The number of benzene rings is 2. The van der Waals surface area contributed by atoms with Gasteiger partial charge in [0, 0.05) is 48.4 Å². The Bertz CT molecular complexity index is 1580. The van der Waals surface area contributed by atoms with Gasteiger partial charge in [-0.15, -0.1) is 0 Å². The van der Waals surface area contributed by atoms with Gasteiger partial charge in [-0.3, -0.25) is 9.20 Å². The molecule has 2 aliphatic rings. The third kappa shape index (κ3) is 4.24. The number of nitrogens with two attached hydrogens (primary N) is 1. The molecule has 39 heavy (non-hydrogen) atoms. The van der Waals surface area contributed by atoms with Crippen LogP contribution in [0.15, 0.2) is 54.9 Å². The maximum Gasteiger partial charge on any atom is 0.263 e. The summed E-state index contributed by atoms with van der Waals surface area (Å²) in [7, 11) is 0. The standard InChI is InChI=1S/C30H30F3N5O/c1-17-14-21(30(2,33)20-5-3-4-18(15-20)27(31)32)7-10-23(17)25-26-28(34)35-12-13-37(26)29(36-25)19-6-8-22-9-11-24(39)38(22)16-19/h3-5,7,10,12-15,19,22,27H,6,8-9,11,16H2,1-2H3,(H2,34,35)/t19-,22+,30?/m1/s1. The molecule has 1 amide bonds. The number of aromatic nitrogens is 3. The lowest BCUT2D eigenvalue weighted by atomic mass is 9.87. The van der Waals surface area contributed by atoms with Crippen molar-refractivity contribution in [3.63, 3.8) is 0 Å². The smallest absolute Gasteiger partial charge is 0.263 e. The highest BCUT2D eigenvalue weighted by molar-refractivity contribution is 5.87. The number of anilines is 1. The zero-order chi connectivity index (χ0) is 27.5. The van der Waals surface area contributed by atoms with E-state index < -0.39 is 12.1 Å². The topological polar surface area (TPSA) is 76.5 Å². The van der Waals surface area contributed by atoms with Crippen LogP contribution in [-0.4, -0.2) is 37.8 Å². The molecule has 3 atom stereocenters. The molecule has 1 unspecified atom stereocenters. The van der Waals surface area contributed by atoms with E-state index in [1.165, 1.54) is 31.2 Å². The van der Waals surface area contributed by atoms with Gasteiger partial charge in [0.15, 0.2) is 5.67 Å². The van der Waals surface area contributed by atoms with E-state index in [0.717, 1.165) is 36.2 Å². The van der Waals surface area contributed by atoms with E-state index in [4.69, 9.17) is 10.7 Å². The lowest BCUT2D eigenvalue weighted by Crippen LogP contribution is -2.41. The first-order valence-electron chi connectivity index (χ1n) is 13.3. The Labute approximate surface area is 224 Å². The molecule has 2 saturated heterocycles. The van der Waals surface area contributed by atoms with Gasteiger partial charge in [-0.2, -0.15) is 0 Å². The highest BCUT2D eigenvalue weighted by atomic mass is 19.3. The molecule has 202 valence electrons. The average Bonchev–Trinajstić information content (AvgIpc) is 3.50. The first kappa shape index (κ1) is 25.4. The van der Waals surface area contributed by atoms with Crippen molar-refractivity contribution in [2.45, 2.75) is 63.6 Å². The summed E-state index contributed by atoms with van der Waals surface area (Å²) >= 11 is 0. The number of nitrogens with zero attached hydrogens (tertiary/aromatic N) is 4. The normalized spacial score (nSPS) is 21.0. The van der Waals surface area contributed by atoms with Crippen LogP contribution in [0.5, 0.6) is 0 Å². The molecule has 0 spiro atoms. The molecule has 2 N–H and O–H groups in total. The first-order valence-corrected chi connectivity index (χ1v) is 13.3. The second-order valence-electron chi connectivity index (χ2n) is 10.8. The summed E-state index contributed by atoms with van der Waals surface area (Å²) in [5.74, 6) is 1.42. The fourth-order valence-corrected chi connectivity index (χ4v) is 6.19. The van der Waals surface area contributed by atoms with Crippen molar-refractivity contribution in [1.82, 2.24) is 19.3 Å². The summed E-state index contributed by atoms with van der Waals surface area (Å²) in [6.45, 7) is 3.88. The summed E-state index contributed by atoms with van der Waals surface area (Å²) < 4.78 is 44.6. The van der Waals surface area contributed by atoms with Crippen LogP contribution in [0.1, 0.15) is 73.0 Å². The van der Waals surface area contributed by atoms with Gasteiger partial charge in [0.1, 0.15) is 22.9 Å². The Morgan fingerprint density at radius 3 is 2.67 bits per heavy atom. The van der Waals surface area contributed by atoms with Gasteiger partial charge in [-0.1, -0.05) is 36.4 Å². The molecule has 6 rings (SSSR count). The van der Waals surface area contributed by atoms with Gasteiger partial charge in [0.05, 0.1) is 0 Å². The number of carbonyl (C=O) groups excluding carboxylic acids is 1. The number of hydrogen-bond acceptors (Lipinski definition) is 4. The van der Waals surface area contributed by atoms with E-state index in [0.29, 0.717) is 41.6 Å². The third-order valence-electron chi connectivity index (χ3n) is 8.40. The Hall–Kier alpha value is -3.88. The van der Waals surface area contributed by atoms with Crippen molar-refractivity contribution in [3.8, 4) is 11.3 Å². The van der Waals surface area contributed by atoms with E-state index in [9.17, 15) is 13.6 Å². The molecule has 0 aliphatic carbocycles. The van der Waals surface area contributed by atoms with E-state index >= 15 is 4.39 Å². The molecule has 0 bridgehead atoms. The van der Waals surface area contributed by atoms with Crippen molar-refractivity contribution >= 4 is 17.2 Å². The largest absolute Gasteiger partial charge is 0.382 e. The van der Waals surface area contributed by atoms with Crippen molar-refractivity contribution in [3.05, 3.63) is 82.9 Å². The maximum absolute atomic E-state index is 16.1. The van der Waals surface area contributed by atoms with Gasteiger partial charge < -0.3 is 10.6 Å². The Morgan fingerprint density at radius 2 is 1.90 bits per heavy atom. The monoisotopic (exact) mass is 533 g/mol. The number of piperidine rings is 1. The molecular weight excluding hydrogens is 503 g/mol. The average molecular weight is 534 g/mol. The lowest BCUT2D eigenvalue weighted by Gasteiger charge is -2.34. The molecule has 9 heteroatoms. The Balaban J connectivity index is 1.40. The van der Waals surface area contributed by atoms with Crippen LogP contribution >= 0.6 is 0 Å². The second kappa shape index (κ2) is 9.39. The van der Waals surface area contributed by atoms with Crippen molar-refractivity contribution < 1.29 is 18.0 Å². The number of alkyl halides is 3. The third-order valence-corrected chi connectivity index (χ3v) is 8.40. The van der Waals surface area contributed by atoms with Crippen LogP contribution in [0.2, 0.25) is 0 Å². The number of fused-ring (bicyclic) bond motifs is 2. The number of nitrogen functional groups attached to an aromatic ring is 1. The number of halogens is 3. The fraction of sp³-hybridized carbons (Fsp3) is 0.367. The van der Waals surface area contributed by atoms with Crippen LogP contribution in [0, 0.1) is 6.92 Å². The quantitative estimate of drug-likeness (QED) is 0.326.